The SMILES string of the molecule is O=C(OC[C@@H]1C[C@H](F)[C@H](n2cnc3cncnc32)O1)c1ccccc1. The van der Waals surface area contributed by atoms with Crippen LogP contribution in [0.5, 0.6) is 0 Å². The highest BCUT2D eigenvalue weighted by atomic mass is 19.1. The number of halogens is 1. The molecule has 3 heterocycles. The fourth-order valence-electron chi connectivity index (χ4n) is 2.85. The highest BCUT2D eigenvalue weighted by Crippen LogP contribution is 2.33. The van der Waals surface area contributed by atoms with E-state index in [0.29, 0.717) is 16.7 Å². The average molecular weight is 342 g/mol. The molecule has 1 fully saturated rings. The number of rotatable bonds is 4. The van der Waals surface area contributed by atoms with Crippen molar-refractivity contribution in [3.05, 3.63) is 54.7 Å². The van der Waals surface area contributed by atoms with Crippen LogP contribution in [0.25, 0.3) is 11.2 Å². The summed E-state index contributed by atoms with van der Waals surface area (Å²) in [6.07, 6.45) is 1.94. The lowest BCUT2D eigenvalue weighted by Crippen LogP contribution is -2.19. The smallest absolute Gasteiger partial charge is 0.338 e. The first-order valence-corrected chi connectivity index (χ1v) is 7.86. The van der Waals surface area contributed by atoms with Crippen molar-refractivity contribution < 1.29 is 18.7 Å². The second-order valence-electron chi connectivity index (χ2n) is 5.75. The minimum atomic E-state index is -1.24. The molecule has 0 aliphatic carbocycles. The third-order valence-electron chi connectivity index (χ3n) is 4.05. The van der Waals surface area contributed by atoms with Crippen molar-refractivity contribution >= 4 is 17.1 Å². The summed E-state index contributed by atoms with van der Waals surface area (Å²) in [5, 5.41) is 0. The van der Waals surface area contributed by atoms with E-state index in [2.05, 4.69) is 15.0 Å². The Morgan fingerprint density at radius 1 is 1.32 bits per heavy atom. The molecule has 3 aromatic rings. The monoisotopic (exact) mass is 342 g/mol. The third kappa shape index (κ3) is 3.08. The molecule has 25 heavy (non-hydrogen) atoms. The summed E-state index contributed by atoms with van der Waals surface area (Å²) in [7, 11) is 0. The van der Waals surface area contributed by atoms with E-state index in [0.717, 1.165) is 0 Å². The van der Waals surface area contributed by atoms with Gasteiger partial charge in [-0.1, -0.05) is 18.2 Å². The minimum absolute atomic E-state index is 0.00768. The number of ether oxygens (including phenoxy) is 2. The number of hydrogen-bond donors (Lipinski definition) is 0. The summed E-state index contributed by atoms with van der Waals surface area (Å²) < 4.78 is 26.9. The van der Waals surface area contributed by atoms with Crippen LogP contribution in [0.3, 0.4) is 0 Å². The number of carbonyl (C=O) groups is 1. The molecular formula is C17H15FN4O3. The molecule has 0 amide bonds. The van der Waals surface area contributed by atoms with Gasteiger partial charge in [0.2, 0.25) is 0 Å². The van der Waals surface area contributed by atoms with E-state index in [9.17, 15) is 9.18 Å². The second-order valence-corrected chi connectivity index (χ2v) is 5.75. The molecule has 0 N–H and O–H groups in total. The van der Waals surface area contributed by atoms with Gasteiger partial charge in [-0.25, -0.2) is 24.1 Å². The molecule has 0 unspecified atom stereocenters. The van der Waals surface area contributed by atoms with E-state index in [4.69, 9.17) is 9.47 Å². The first kappa shape index (κ1) is 15.6. The number of esters is 1. The van der Waals surface area contributed by atoms with Gasteiger partial charge < -0.3 is 9.47 Å². The molecule has 0 saturated carbocycles. The van der Waals surface area contributed by atoms with E-state index < -0.39 is 24.5 Å². The number of fused-ring (bicyclic) bond motifs is 1. The lowest BCUT2D eigenvalue weighted by molar-refractivity contribution is -0.0420. The molecule has 1 aliphatic rings. The van der Waals surface area contributed by atoms with Crippen LogP contribution in [0.2, 0.25) is 0 Å². The molecule has 0 bridgehead atoms. The van der Waals surface area contributed by atoms with Crippen molar-refractivity contribution in [3.63, 3.8) is 0 Å². The molecule has 3 atom stereocenters. The van der Waals surface area contributed by atoms with Gasteiger partial charge in [0.05, 0.1) is 24.2 Å². The Bertz CT molecular complexity index is 886. The average Bonchev–Trinajstić information content (AvgIpc) is 3.23. The second kappa shape index (κ2) is 6.56. The number of aromatic nitrogens is 4. The lowest BCUT2D eigenvalue weighted by Gasteiger charge is -2.16. The van der Waals surface area contributed by atoms with Gasteiger partial charge in [0.1, 0.15) is 24.6 Å². The Morgan fingerprint density at radius 3 is 3.00 bits per heavy atom. The number of imidazole rings is 1. The van der Waals surface area contributed by atoms with E-state index in [1.807, 2.05) is 6.07 Å². The van der Waals surface area contributed by atoms with Crippen LogP contribution < -0.4 is 0 Å². The molecule has 0 spiro atoms. The summed E-state index contributed by atoms with van der Waals surface area (Å²) in [4.78, 5) is 24.1. The van der Waals surface area contributed by atoms with Gasteiger partial charge in [-0.05, 0) is 12.1 Å². The molecule has 4 rings (SSSR count). The lowest BCUT2D eigenvalue weighted by atomic mass is 10.2. The van der Waals surface area contributed by atoms with Gasteiger partial charge >= 0.3 is 5.97 Å². The standard InChI is InChI=1S/C17H15FN4O3/c18-13-6-12(8-24-17(23)11-4-2-1-3-5-11)25-16(13)22-10-21-14-7-19-9-20-15(14)22/h1-5,7,9-10,12-13,16H,6,8H2/t12-,13-,16+/m0/s1. The number of benzene rings is 1. The Labute approximate surface area is 142 Å². The molecule has 2 aromatic heterocycles. The van der Waals surface area contributed by atoms with Gasteiger partial charge in [-0.2, -0.15) is 0 Å². The van der Waals surface area contributed by atoms with E-state index in [-0.39, 0.29) is 13.0 Å². The molecule has 7 nitrogen and oxygen atoms in total. The summed E-state index contributed by atoms with van der Waals surface area (Å²) >= 11 is 0. The molecule has 128 valence electrons. The summed E-state index contributed by atoms with van der Waals surface area (Å²) in [6, 6.07) is 8.64. The number of nitrogens with zero attached hydrogens (tertiary/aromatic N) is 4. The number of hydrogen-bond acceptors (Lipinski definition) is 6. The first-order chi connectivity index (χ1) is 12.2. The molecule has 1 saturated heterocycles. The predicted molar refractivity (Wildman–Crippen MR) is 85.5 cm³/mol. The summed E-state index contributed by atoms with van der Waals surface area (Å²) in [6.45, 7) is -0.00768. The summed E-state index contributed by atoms with van der Waals surface area (Å²) in [5.41, 5.74) is 1.52. The quantitative estimate of drug-likeness (QED) is 0.677. The Morgan fingerprint density at radius 2 is 2.16 bits per heavy atom. The predicted octanol–water partition coefficient (Wildman–Crippen LogP) is 2.31. The van der Waals surface area contributed by atoms with Crippen molar-refractivity contribution in [1.82, 2.24) is 19.5 Å². The van der Waals surface area contributed by atoms with Crippen molar-refractivity contribution in [1.29, 1.82) is 0 Å². The van der Waals surface area contributed by atoms with Crippen LogP contribution in [0.1, 0.15) is 23.0 Å². The van der Waals surface area contributed by atoms with Gasteiger partial charge in [0, 0.05) is 6.42 Å². The van der Waals surface area contributed by atoms with Crippen molar-refractivity contribution in [3.8, 4) is 0 Å². The molecular weight excluding hydrogens is 327 g/mol. The Hall–Kier alpha value is -2.87. The van der Waals surface area contributed by atoms with Gasteiger partial charge in [0.25, 0.3) is 0 Å². The fraction of sp³-hybridized carbons (Fsp3) is 0.294. The Balaban J connectivity index is 1.42. The maximum atomic E-state index is 14.4. The van der Waals surface area contributed by atoms with Crippen molar-refractivity contribution in [2.45, 2.75) is 24.9 Å². The van der Waals surface area contributed by atoms with Crippen LogP contribution in [-0.2, 0) is 9.47 Å². The maximum Gasteiger partial charge on any atom is 0.338 e. The minimum Gasteiger partial charge on any atom is -0.459 e. The molecule has 8 heteroatoms. The van der Waals surface area contributed by atoms with Gasteiger partial charge in [-0.15, -0.1) is 0 Å². The van der Waals surface area contributed by atoms with Gasteiger partial charge in [0.15, 0.2) is 11.9 Å². The highest BCUT2D eigenvalue weighted by molar-refractivity contribution is 5.89. The molecule has 0 radical (unpaired) electrons. The number of carbonyl (C=O) groups excluding carboxylic acids is 1. The van der Waals surface area contributed by atoms with Crippen LogP contribution in [-0.4, -0.2) is 44.4 Å². The Kier molecular flexibility index (Phi) is 4.10. The molecule has 1 aliphatic heterocycles. The highest BCUT2D eigenvalue weighted by Gasteiger charge is 2.38. The molecule has 1 aromatic carbocycles. The van der Waals surface area contributed by atoms with E-state index >= 15 is 0 Å². The van der Waals surface area contributed by atoms with E-state index in [1.54, 1.807) is 35.0 Å². The maximum absolute atomic E-state index is 14.4. The summed E-state index contributed by atoms with van der Waals surface area (Å²) in [5.74, 6) is -0.455. The van der Waals surface area contributed by atoms with E-state index in [1.165, 1.54) is 12.7 Å². The topological polar surface area (TPSA) is 79.1 Å². The zero-order valence-electron chi connectivity index (χ0n) is 13.2. The largest absolute Gasteiger partial charge is 0.459 e. The van der Waals surface area contributed by atoms with Crippen LogP contribution in [0, 0.1) is 0 Å². The normalized spacial score (nSPS) is 23.0. The van der Waals surface area contributed by atoms with Crippen LogP contribution in [0.15, 0.2) is 49.2 Å². The van der Waals surface area contributed by atoms with Gasteiger partial charge in [-0.3, -0.25) is 4.57 Å². The zero-order chi connectivity index (χ0) is 17.2. The first-order valence-electron chi connectivity index (χ1n) is 7.86. The fourth-order valence-corrected chi connectivity index (χ4v) is 2.85. The van der Waals surface area contributed by atoms with Crippen molar-refractivity contribution in [2.75, 3.05) is 6.61 Å². The number of alkyl halides is 1. The van der Waals surface area contributed by atoms with Crippen LogP contribution >= 0.6 is 0 Å². The zero-order valence-corrected chi connectivity index (χ0v) is 13.2. The van der Waals surface area contributed by atoms with Crippen LogP contribution in [0.4, 0.5) is 4.39 Å². The third-order valence-corrected chi connectivity index (χ3v) is 4.05. The van der Waals surface area contributed by atoms with Crippen molar-refractivity contribution in [2.24, 2.45) is 0 Å².